The Morgan fingerprint density at radius 2 is 2.04 bits per heavy atom. The summed E-state index contributed by atoms with van der Waals surface area (Å²) in [4.78, 5) is 27.8. The van der Waals surface area contributed by atoms with Crippen LogP contribution in [0.5, 0.6) is 0 Å². The molecule has 1 atom stereocenters. The molecule has 0 saturated carbocycles. The molecular formula is C18H19N3O3. The van der Waals surface area contributed by atoms with Crippen molar-refractivity contribution in [3.05, 3.63) is 70.3 Å². The minimum atomic E-state index is -0.269. The lowest BCUT2D eigenvalue weighted by Crippen LogP contribution is -2.32. The number of nitrogens with one attached hydrogen (secondary N) is 2. The second-order valence-electron chi connectivity index (χ2n) is 5.62. The van der Waals surface area contributed by atoms with E-state index in [1.54, 1.807) is 32.6 Å². The van der Waals surface area contributed by atoms with Gasteiger partial charge in [-0.2, -0.15) is 0 Å². The monoisotopic (exact) mass is 325 g/mol. The first-order valence-corrected chi connectivity index (χ1v) is 7.63. The Morgan fingerprint density at radius 1 is 1.29 bits per heavy atom. The smallest absolute Gasteiger partial charge is 0.274 e. The van der Waals surface area contributed by atoms with Gasteiger partial charge >= 0.3 is 0 Å². The van der Waals surface area contributed by atoms with Crippen LogP contribution >= 0.6 is 0 Å². The molecule has 124 valence electrons. The van der Waals surface area contributed by atoms with Crippen LogP contribution in [0.4, 0.5) is 0 Å². The van der Waals surface area contributed by atoms with E-state index in [-0.39, 0.29) is 17.5 Å². The third-order valence-corrected chi connectivity index (χ3v) is 3.98. The first-order chi connectivity index (χ1) is 11.6. The summed E-state index contributed by atoms with van der Waals surface area (Å²) in [5.74, 6) is -0.249. The van der Waals surface area contributed by atoms with Crippen molar-refractivity contribution >= 4 is 16.8 Å². The summed E-state index contributed by atoms with van der Waals surface area (Å²) in [6.45, 7) is 0.359. The number of carbonyl (C=O) groups excluding carboxylic acids is 1. The summed E-state index contributed by atoms with van der Waals surface area (Å²) in [5.41, 5.74) is 1.67. The van der Waals surface area contributed by atoms with Crippen LogP contribution in [0, 0.1) is 0 Å². The van der Waals surface area contributed by atoms with Crippen molar-refractivity contribution in [1.82, 2.24) is 14.9 Å². The number of rotatable bonds is 5. The molecule has 0 bridgehead atoms. The molecule has 0 spiro atoms. The highest BCUT2D eigenvalue weighted by Crippen LogP contribution is 2.17. The summed E-state index contributed by atoms with van der Waals surface area (Å²) in [6.07, 6.45) is 3.22. The fraction of sp³-hybridized carbons (Fsp3) is 0.222. The van der Waals surface area contributed by atoms with E-state index in [1.165, 1.54) is 4.57 Å². The lowest BCUT2D eigenvalue weighted by atomic mass is 10.1. The summed E-state index contributed by atoms with van der Waals surface area (Å²) < 4.78 is 6.64. The lowest BCUT2D eigenvalue weighted by Gasteiger charge is -2.19. The van der Waals surface area contributed by atoms with Crippen molar-refractivity contribution in [3.8, 4) is 0 Å². The molecule has 2 aromatic heterocycles. The molecule has 0 radical (unpaired) electrons. The molecule has 0 fully saturated rings. The quantitative estimate of drug-likeness (QED) is 0.753. The number of H-pyrrole nitrogens is 1. The topological polar surface area (TPSA) is 76.1 Å². The standard InChI is InChI=1S/C18H19N3O3/c1-21-10-14(13-8-9-19-16(13)18(21)23)17(22)20-15(11-24-2)12-6-4-3-5-7-12/h3-10,15,19H,11H2,1-2H3,(H,20,22)/t15-/m1/s1. The number of carbonyl (C=O) groups is 1. The second kappa shape index (κ2) is 6.72. The molecule has 0 aliphatic rings. The number of hydrogen-bond acceptors (Lipinski definition) is 3. The van der Waals surface area contributed by atoms with Gasteiger partial charge in [-0.15, -0.1) is 0 Å². The van der Waals surface area contributed by atoms with Gasteiger partial charge in [0.05, 0.1) is 18.2 Å². The minimum absolute atomic E-state index is 0.164. The van der Waals surface area contributed by atoms with E-state index in [0.29, 0.717) is 23.1 Å². The van der Waals surface area contributed by atoms with Crippen LogP contribution in [0.3, 0.4) is 0 Å². The van der Waals surface area contributed by atoms with E-state index in [2.05, 4.69) is 10.3 Å². The van der Waals surface area contributed by atoms with E-state index in [1.807, 2.05) is 30.3 Å². The molecule has 0 unspecified atom stereocenters. The van der Waals surface area contributed by atoms with Gasteiger partial charge in [-0.05, 0) is 11.6 Å². The Labute approximate surface area is 139 Å². The van der Waals surface area contributed by atoms with Crippen LogP contribution in [0.15, 0.2) is 53.6 Å². The van der Waals surface area contributed by atoms with Gasteiger partial charge in [0.25, 0.3) is 11.5 Å². The van der Waals surface area contributed by atoms with E-state index < -0.39 is 0 Å². The molecule has 24 heavy (non-hydrogen) atoms. The molecule has 6 heteroatoms. The number of pyridine rings is 1. The average Bonchev–Trinajstić information content (AvgIpc) is 3.08. The molecule has 3 rings (SSSR count). The molecule has 0 aliphatic carbocycles. The number of fused-ring (bicyclic) bond motifs is 1. The number of benzene rings is 1. The number of amides is 1. The number of hydrogen-bond donors (Lipinski definition) is 2. The Balaban J connectivity index is 1.95. The van der Waals surface area contributed by atoms with Gasteiger partial charge in [-0.1, -0.05) is 30.3 Å². The van der Waals surface area contributed by atoms with Crippen molar-refractivity contribution in [2.75, 3.05) is 13.7 Å². The maximum Gasteiger partial charge on any atom is 0.274 e. The van der Waals surface area contributed by atoms with E-state index >= 15 is 0 Å². The Morgan fingerprint density at radius 3 is 2.75 bits per heavy atom. The van der Waals surface area contributed by atoms with Crippen molar-refractivity contribution in [2.45, 2.75) is 6.04 Å². The third kappa shape index (κ3) is 2.96. The van der Waals surface area contributed by atoms with Crippen molar-refractivity contribution < 1.29 is 9.53 Å². The van der Waals surface area contributed by atoms with Gasteiger partial charge < -0.3 is 19.6 Å². The minimum Gasteiger partial charge on any atom is -0.382 e. The highest BCUT2D eigenvalue weighted by atomic mass is 16.5. The van der Waals surface area contributed by atoms with Gasteiger partial charge in [0.15, 0.2) is 0 Å². The van der Waals surface area contributed by atoms with Crippen LogP contribution in [-0.2, 0) is 11.8 Å². The van der Waals surface area contributed by atoms with Crippen molar-refractivity contribution in [3.63, 3.8) is 0 Å². The number of aromatic nitrogens is 2. The first-order valence-electron chi connectivity index (χ1n) is 7.63. The predicted molar refractivity (Wildman–Crippen MR) is 92.1 cm³/mol. The van der Waals surface area contributed by atoms with Gasteiger partial charge in [-0.3, -0.25) is 9.59 Å². The van der Waals surface area contributed by atoms with Crippen LogP contribution in [0.2, 0.25) is 0 Å². The molecule has 6 nitrogen and oxygen atoms in total. The van der Waals surface area contributed by atoms with Gasteiger partial charge in [0, 0.05) is 31.9 Å². The molecule has 2 N–H and O–H groups in total. The van der Waals surface area contributed by atoms with Crippen molar-refractivity contribution in [1.29, 1.82) is 0 Å². The number of aryl methyl sites for hydroxylation is 1. The van der Waals surface area contributed by atoms with Crippen molar-refractivity contribution in [2.24, 2.45) is 7.05 Å². The summed E-state index contributed by atoms with van der Waals surface area (Å²) in [5, 5.41) is 3.60. The predicted octanol–water partition coefficient (Wildman–Crippen LogP) is 1.98. The zero-order chi connectivity index (χ0) is 17.1. The van der Waals surface area contributed by atoms with E-state index in [4.69, 9.17) is 4.74 Å². The Hall–Kier alpha value is -2.86. The number of nitrogens with zero attached hydrogens (tertiary/aromatic N) is 1. The number of aromatic amines is 1. The first kappa shape index (κ1) is 16.0. The Kier molecular flexibility index (Phi) is 4.48. The molecule has 1 aromatic carbocycles. The average molecular weight is 325 g/mol. The zero-order valence-electron chi connectivity index (χ0n) is 13.6. The molecule has 1 amide bonds. The molecule has 2 heterocycles. The molecule has 0 aliphatic heterocycles. The van der Waals surface area contributed by atoms with E-state index in [0.717, 1.165) is 5.56 Å². The largest absolute Gasteiger partial charge is 0.382 e. The van der Waals surface area contributed by atoms with Gasteiger partial charge in [-0.25, -0.2) is 0 Å². The molecule has 0 saturated heterocycles. The highest BCUT2D eigenvalue weighted by molar-refractivity contribution is 6.06. The maximum absolute atomic E-state index is 12.8. The zero-order valence-corrected chi connectivity index (χ0v) is 13.6. The fourth-order valence-corrected chi connectivity index (χ4v) is 2.76. The number of ether oxygens (including phenoxy) is 1. The fourth-order valence-electron chi connectivity index (χ4n) is 2.76. The Bertz CT molecular complexity index is 912. The van der Waals surface area contributed by atoms with E-state index in [9.17, 15) is 9.59 Å². The number of methoxy groups -OCH3 is 1. The SMILES string of the molecule is COC[C@@H](NC(=O)c1cn(C)c(=O)c2[nH]ccc12)c1ccccc1. The van der Waals surface area contributed by atoms with Crippen LogP contribution < -0.4 is 10.9 Å². The van der Waals surface area contributed by atoms with Gasteiger partial charge in [0.1, 0.15) is 5.52 Å². The normalized spacial score (nSPS) is 12.2. The lowest BCUT2D eigenvalue weighted by molar-refractivity contribution is 0.0897. The maximum atomic E-state index is 12.8. The molecule has 3 aromatic rings. The van der Waals surface area contributed by atoms with Gasteiger partial charge in [0.2, 0.25) is 0 Å². The highest BCUT2D eigenvalue weighted by Gasteiger charge is 2.19. The summed E-state index contributed by atoms with van der Waals surface area (Å²) in [7, 11) is 3.22. The molecular weight excluding hydrogens is 306 g/mol. The third-order valence-electron chi connectivity index (χ3n) is 3.98. The summed E-state index contributed by atoms with van der Waals surface area (Å²) in [6, 6.07) is 11.1. The second-order valence-corrected chi connectivity index (χ2v) is 5.62. The van der Waals surface area contributed by atoms with Crippen LogP contribution in [0.1, 0.15) is 22.0 Å². The van der Waals surface area contributed by atoms with Crippen LogP contribution in [-0.4, -0.2) is 29.2 Å². The van der Waals surface area contributed by atoms with Crippen LogP contribution in [0.25, 0.3) is 10.9 Å². The summed E-state index contributed by atoms with van der Waals surface area (Å²) >= 11 is 0.